The first-order chi connectivity index (χ1) is 5.45. The monoisotopic (exact) mass is 196 g/mol. The van der Waals surface area contributed by atoms with Crippen LogP contribution in [0, 0.1) is 5.92 Å². The van der Waals surface area contributed by atoms with Crippen LogP contribution in [0.5, 0.6) is 0 Å². The molecule has 0 spiro atoms. The van der Waals surface area contributed by atoms with E-state index in [9.17, 15) is 9.90 Å². The van der Waals surface area contributed by atoms with E-state index in [0.717, 1.165) is 25.5 Å². The average Bonchev–Trinajstić information content (AvgIpc) is 1.84. The van der Waals surface area contributed by atoms with Crippen LogP contribution in [0.15, 0.2) is 0 Å². The molecule has 0 rings (SSSR count). The molecule has 0 aliphatic rings. The van der Waals surface area contributed by atoms with Crippen molar-refractivity contribution in [3.05, 3.63) is 0 Å². The van der Waals surface area contributed by atoms with Crippen molar-refractivity contribution in [1.82, 2.24) is 0 Å². The van der Waals surface area contributed by atoms with Gasteiger partial charge in [-0.3, -0.25) is 0 Å². The molecule has 1 unspecified atom stereocenters. The Morgan fingerprint density at radius 3 is 2.38 bits per heavy atom. The van der Waals surface area contributed by atoms with Crippen LogP contribution in [0.2, 0.25) is 0 Å². The van der Waals surface area contributed by atoms with Gasteiger partial charge in [-0.2, -0.15) is 0 Å². The topological polar surface area (TPSA) is 37.3 Å². The van der Waals surface area contributed by atoms with Gasteiger partial charge in [-0.1, -0.05) is 19.8 Å². The first kappa shape index (κ1) is 16.1. The van der Waals surface area contributed by atoms with Crippen molar-refractivity contribution in [2.75, 3.05) is 0 Å². The Labute approximate surface area is 103 Å². The van der Waals surface area contributed by atoms with E-state index in [1.54, 1.807) is 0 Å². The van der Waals surface area contributed by atoms with E-state index in [1.807, 2.05) is 13.8 Å². The van der Waals surface area contributed by atoms with Gasteiger partial charge in [-0.15, -0.1) is 0 Å². The summed E-state index contributed by atoms with van der Waals surface area (Å²) >= 11 is 0. The summed E-state index contributed by atoms with van der Waals surface area (Å²) in [4.78, 5) is 10.1. The van der Waals surface area contributed by atoms with E-state index < -0.39 is 5.60 Å². The quantitative estimate of drug-likeness (QED) is 0.516. The molecule has 0 aromatic heterocycles. The van der Waals surface area contributed by atoms with Crippen molar-refractivity contribution >= 4 is 35.8 Å². The maximum absolute atomic E-state index is 10.1. The van der Waals surface area contributed by atoms with Crippen LogP contribution in [0.3, 0.4) is 0 Å². The van der Waals surface area contributed by atoms with Gasteiger partial charge in [-0.25, -0.2) is 0 Å². The van der Waals surface area contributed by atoms with E-state index in [2.05, 4.69) is 6.92 Å². The first-order valence-corrected chi connectivity index (χ1v) is 4.61. The molecule has 13 heavy (non-hydrogen) atoms. The van der Waals surface area contributed by atoms with Crippen LogP contribution in [0.4, 0.5) is 0 Å². The molecule has 0 saturated carbocycles. The Hall–Kier alpha value is 0.630. The molecule has 0 saturated heterocycles. The molecule has 1 atom stereocenters. The predicted molar refractivity (Wildman–Crippen MR) is 57.1 cm³/mol. The third-order valence-corrected chi connectivity index (χ3v) is 1.98. The van der Waals surface area contributed by atoms with Gasteiger partial charge < -0.3 is 9.90 Å². The Balaban J connectivity index is 0. The van der Waals surface area contributed by atoms with Crippen molar-refractivity contribution in [3.8, 4) is 0 Å². The van der Waals surface area contributed by atoms with E-state index in [0.29, 0.717) is 12.3 Å². The van der Waals surface area contributed by atoms with Gasteiger partial charge in [0, 0.05) is 6.42 Å². The molecule has 0 bridgehead atoms. The summed E-state index contributed by atoms with van der Waals surface area (Å²) in [5, 5.41) is 9.39. The Kier molecular flexibility index (Phi) is 9.87. The predicted octanol–water partition coefficient (Wildman–Crippen LogP) is 1.50. The minimum atomic E-state index is -0.555. The molecule has 74 valence electrons. The molecule has 0 aromatic carbocycles. The summed E-state index contributed by atoms with van der Waals surface area (Å²) in [5.74, 6) is 0.463. The standard InChI is InChI=1S/C10H20O2.Na.H/c1-9(6-8-11)5-4-7-10(2,3)12;;/h8-9,12H,4-7H2,1-3H3;;. The van der Waals surface area contributed by atoms with Gasteiger partial charge in [0.25, 0.3) is 0 Å². The number of aliphatic hydroxyl groups is 1. The van der Waals surface area contributed by atoms with Gasteiger partial charge in [0.1, 0.15) is 6.29 Å². The number of carbonyl (C=O) groups excluding carboxylic acids is 1. The molecule has 1 N–H and O–H groups in total. The zero-order chi connectivity index (χ0) is 9.61. The van der Waals surface area contributed by atoms with Gasteiger partial charge >= 0.3 is 29.6 Å². The zero-order valence-corrected chi connectivity index (χ0v) is 8.34. The zero-order valence-electron chi connectivity index (χ0n) is 8.34. The summed E-state index contributed by atoms with van der Waals surface area (Å²) in [6.45, 7) is 5.70. The van der Waals surface area contributed by atoms with Crippen molar-refractivity contribution in [2.45, 2.75) is 52.1 Å². The average molecular weight is 196 g/mol. The van der Waals surface area contributed by atoms with Crippen LogP contribution >= 0.6 is 0 Å². The van der Waals surface area contributed by atoms with Crippen molar-refractivity contribution < 1.29 is 9.90 Å². The van der Waals surface area contributed by atoms with E-state index in [4.69, 9.17) is 0 Å². The van der Waals surface area contributed by atoms with Crippen LogP contribution in [-0.4, -0.2) is 46.6 Å². The molecule has 0 amide bonds. The molecule has 0 heterocycles. The summed E-state index contributed by atoms with van der Waals surface area (Å²) < 4.78 is 0. The molecule has 3 heteroatoms. The fourth-order valence-corrected chi connectivity index (χ4v) is 1.17. The first-order valence-electron chi connectivity index (χ1n) is 4.61. The SMILES string of the molecule is CC(CC=O)CCCC(C)(C)O.[NaH]. The van der Waals surface area contributed by atoms with Gasteiger partial charge in [-0.05, 0) is 26.2 Å². The van der Waals surface area contributed by atoms with Crippen molar-refractivity contribution in [3.63, 3.8) is 0 Å². The van der Waals surface area contributed by atoms with Crippen LogP contribution < -0.4 is 0 Å². The van der Waals surface area contributed by atoms with Crippen LogP contribution in [-0.2, 0) is 4.79 Å². The summed E-state index contributed by atoms with van der Waals surface area (Å²) in [6, 6.07) is 0. The second kappa shape index (κ2) is 7.98. The molecule has 0 aliphatic carbocycles. The fraction of sp³-hybridized carbons (Fsp3) is 0.900. The summed E-state index contributed by atoms with van der Waals surface area (Å²) in [7, 11) is 0. The number of hydrogen-bond donors (Lipinski definition) is 1. The van der Waals surface area contributed by atoms with Gasteiger partial charge in [0.05, 0.1) is 5.60 Å². The number of carbonyl (C=O) groups is 1. The van der Waals surface area contributed by atoms with Crippen molar-refractivity contribution in [1.29, 1.82) is 0 Å². The van der Waals surface area contributed by atoms with Crippen LogP contribution in [0.25, 0.3) is 0 Å². The molecular weight excluding hydrogens is 175 g/mol. The Bertz CT molecular complexity index is 129. The Morgan fingerprint density at radius 1 is 1.46 bits per heavy atom. The molecule has 2 nitrogen and oxygen atoms in total. The minimum absolute atomic E-state index is 0. The van der Waals surface area contributed by atoms with E-state index in [-0.39, 0.29) is 29.6 Å². The molecular formula is C10H21NaO2. The number of aldehydes is 1. The normalized spacial score (nSPS) is 13.2. The molecule has 0 aliphatic heterocycles. The summed E-state index contributed by atoms with van der Waals surface area (Å²) in [6.07, 6.45) is 4.46. The van der Waals surface area contributed by atoms with Gasteiger partial charge in [0.15, 0.2) is 0 Å². The molecule has 0 aromatic rings. The number of rotatable bonds is 6. The van der Waals surface area contributed by atoms with Crippen molar-refractivity contribution in [2.24, 2.45) is 5.92 Å². The summed E-state index contributed by atoms with van der Waals surface area (Å²) in [5.41, 5.74) is -0.555. The van der Waals surface area contributed by atoms with E-state index >= 15 is 0 Å². The molecule has 0 fully saturated rings. The van der Waals surface area contributed by atoms with Crippen LogP contribution in [0.1, 0.15) is 46.5 Å². The fourth-order valence-electron chi connectivity index (χ4n) is 1.17. The number of hydrogen-bond acceptors (Lipinski definition) is 2. The Morgan fingerprint density at radius 2 is 2.00 bits per heavy atom. The van der Waals surface area contributed by atoms with Gasteiger partial charge in [0.2, 0.25) is 0 Å². The second-order valence-corrected chi connectivity index (χ2v) is 4.21. The molecule has 0 radical (unpaired) electrons. The third kappa shape index (κ3) is 12.6. The third-order valence-electron chi connectivity index (χ3n) is 1.98. The second-order valence-electron chi connectivity index (χ2n) is 4.21. The van der Waals surface area contributed by atoms with E-state index in [1.165, 1.54) is 0 Å². The maximum atomic E-state index is 10.1.